The maximum atomic E-state index is 12.2. The molecule has 1 atom stereocenters. The first-order valence-corrected chi connectivity index (χ1v) is 23.2. The van der Waals surface area contributed by atoms with Crippen molar-refractivity contribution < 1.29 is 19.4 Å². The first-order valence-electron chi connectivity index (χ1n) is 23.2. The van der Waals surface area contributed by atoms with Crippen LogP contribution in [0.4, 0.5) is 0 Å². The Balaban J connectivity index is 3.40. The number of carbonyl (C=O) groups excluding carboxylic acids is 1. The first-order chi connectivity index (χ1) is 26.2. The van der Waals surface area contributed by atoms with E-state index < -0.39 is 6.10 Å². The average Bonchev–Trinajstić information content (AvgIpc) is 3.16. The SMILES string of the molecule is CC/C=C\C/C=C\C/C=C\CCCCCCCCCC(=O)OC(CO)COCCCCCCCCCCCCCC/C=C\CCCCCCCCCC. The van der Waals surface area contributed by atoms with Crippen molar-refractivity contribution in [2.45, 2.75) is 238 Å². The summed E-state index contributed by atoms with van der Waals surface area (Å²) in [6.07, 6.45) is 60.4. The second kappa shape index (κ2) is 46.5. The van der Waals surface area contributed by atoms with Crippen molar-refractivity contribution in [3.05, 3.63) is 48.6 Å². The summed E-state index contributed by atoms with van der Waals surface area (Å²) in [6, 6.07) is 0. The van der Waals surface area contributed by atoms with E-state index in [1.54, 1.807) is 0 Å². The summed E-state index contributed by atoms with van der Waals surface area (Å²) in [5.74, 6) is -0.209. The monoisotopic (exact) mass is 743 g/mol. The molecule has 0 saturated heterocycles. The molecule has 0 aromatic carbocycles. The van der Waals surface area contributed by atoms with Crippen molar-refractivity contribution in [2.24, 2.45) is 0 Å². The molecule has 0 amide bonds. The molecule has 0 saturated carbocycles. The molecule has 1 unspecified atom stereocenters. The normalized spacial score (nSPS) is 12.7. The number of unbranched alkanes of at least 4 members (excludes halogenated alkanes) is 27. The Morgan fingerprint density at radius 2 is 0.849 bits per heavy atom. The number of carbonyl (C=O) groups is 1. The van der Waals surface area contributed by atoms with Crippen molar-refractivity contribution in [1.82, 2.24) is 0 Å². The van der Waals surface area contributed by atoms with Crippen LogP contribution in [-0.2, 0) is 14.3 Å². The van der Waals surface area contributed by atoms with Gasteiger partial charge in [-0.1, -0.05) is 204 Å². The van der Waals surface area contributed by atoms with E-state index in [4.69, 9.17) is 9.47 Å². The Kier molecular flexibility index (Phi) is 45.1. The second-order valence-electron chi connectivity index (χ2n) is 15.4. The van der Waals surface area contributed by atoms with Gasteiger partial charge in [0.25, 0.3) is 0 Å². The summed E-state index contributed by atoms with van der Waals surface area (Å²) in [5.41, 5.74) is 0. The lowest BCUT2D eigenvalue weighted by molar-refractivity contribution is -0.154. The van der Waals surface area contributed by atoms with Crippen molar-refractivity contribution >= 4 is 5.97 Å². The lowest BCUT2D eigenvalue weighted by Gasteiger charge is -2.16. The van der Waals surface area contributed by atoms with Crippen LogP contribution in [0.5, 0.6) is 0 Å². The van der Waals surface area contributed by atoms with Gasteiger partial charge < -0.3 is 14.6 Å². The molecule has 0 heterocycles. The minimum atomic E-state index is -0.540. The lowest BCUT2D eigenvalue weighted by atomic mass is 10.0. The third-order valence-electron chi connectivity index (χ3n) is 10.1. The van der Waals surface area contributed by atoms with Gasteiger partial charge >= 0.3 is 5.97 Å². The molecule has 1 N–H and O–H groups in total. The van der Waals surface area contributed by atoms with Gasteiger partial charge in [0.2, 0.25) is 0 Å². The van der Waals surface area contributed by atoms with Gasteiger partial charge in [-0.3, -0.25) is 4.79 Å². The maximum Gasteiger partial charge on any atom is 0.306 e. The van der Waals surface area contributed by atoms with Gasteiger partial charge in [0.1, 0.15) is 6.10 Å². The number of rotatable bonds is 43. The Morgan fingerprint density at radius 1 is 0.472 bits per heavy atom. The summed E-state index contributed by atoms with van der Waals surface area (Å²) >= 11 is 0. The molecule has 0 radical (unpaired) electrons. The van der Waals surface area contributed by atoms with E-state index >= 15 is 0 Å². The van der Waals surface area contributed by atoms with Crippen LogP contribution in [0.1, 0.15) is 232 Å². The molecule has 0 aliphatic heterocycles. The molecule has 0 aliphatic carbocycles. The largest absolute Gasteiger partial charge is 0.457 e. The molecule has 0 fully saturated rings. The van der Waals surface area contributed by atoms with E-state index in [9.17, 15) is 9.90 Å². The minimum absolute atomic E-state index is 0.176. The van der Waals surface area contributed by atoms with E-state index in [0.717, 1.165) is 38.5 Å². The molecule has 0 bridgehead atoms. The number of ether oxygens (including phenoxy) is 2. The molecule has 0 aromatic heterocycles. The van der Waals surface area contributed by atoms with Crippen LogP contribution in [0.25, 0.3) is 0 Å². The molecular weight excluding hydrogens is 653 g/mol. The molecule has 4 nitrogen and oxygen atoms in total. The second-order valence-corrected chi connectivity index (χ2v) is 15.4. The minimum Gasteiger partial charge on any atom is -0.457 e. The van der Waals surface area contributed by atoms with Gasteiger partial charge in [-0.25, -0.2) is 0 Å². The summed E-state index contributed by atoms with van der Waals surface area (Å²) in [4.78, 5) is 12.2. The van der Waals surface area contributed by atoms with Crippen molar-refractivity contribution in [3.8, 4) is 0 Å². The van der Waals surface area contributed by atoms with E-state index in [1.165, 1.54) is 173 Å². The summed E-state index contributed by atoms with van der Waals surface area (Å²) in [7, 11) is 0. The summed E-state index contributed by atoms with van der Waals surface area (Å²) in [6.45, 7) is 5.25. The Labute approximate surface area is 331 Å². The van der Waals surface area contributed by atoms with Crippen molar-refractivity contribution in [1.29, 1.82) is 0 Å². The predicted molar refractivity (Wildman–Crippen MR) is 233 cm³/mol. The van der Waals surface area contributed by atoms with Crippen LogP contribution >= 0.6 is 0 Å². The lowest BCUT2D eigenvalue weighted by Crippen LogP contribution is -2.27. The molecular formula is C49H90O4. The average molecular weight is 743 g/mol. The fraction of sp³-hybridized carbons (Fsp3) is 0.816. The smallest absolute Gasteiger partial charge is 0.306 e. The number of allylic oxidation sites excluding steroid dienone is 8. The molecule has 0 aromatic rings. The van der Waals surface area contributed by atoms with Crippen molar-refractivity contribution in [2.75, 3.05) is 19.8 Å². The van der Waals surface area contributed by atoms with Gasteiger partial charge in [-0.2, -0.15) is 0 Å². The predicted octanol–water partition coefficient (Wildman–Crippen LogP) is 15.4. The zero-order valence-corrected chi connectivity index (χ0v) is 35.5. The molecule has 0 spiro atoms. The quantitative estimate of drug-likeness (QED) is 0.0384. The fourth-order valence-corrected chi connectivity index (χ4v) is 6.69. The zero-order chi connectivity index (χ0) is 38.4. The standard InChI is InChI=1S/C49H90O4/c1-3-5-7-9-11-13-15-17-19-21-22-23-24-25-26-27-29-31-33-35-37-39-41-43-45-52-47-48(46-50)53-49(51)44-42-40-38-36-34-32-30-28-20-18-16-14-12-10-8-6-4-2/h6,8,12,14,18,20-22,48,50H,3-5,7,9-11,13,15-17,19,23-47H2,1-2H3/b8-6-,14-12-,20-18-,22-21-. The van der Waals surface area contributed by atoms with Crippen LogP contribution < -0.4 is 0 Å². The number of hydrogen-bond acceptors (Lipinski definition) is 4. The Morgan fingerprint density at radius 3 is 1.30 bits per heavy atom. The summed E-state index contributed by atoms with van der Waals surface area (Å²) in [5, 5.41) is 9.62. The third kappa shape index (κ3) is 44.6. The van der Waals surface area contributed by atoms with Gasteiger partial charge in [0.05, 0.1) is 13.2 Å². The van der Waals surface area contributed by atoms with E-state index in [0.29, 0.717) is 19.6 Å². The number of aliphatic hydroxyl groups is 1. The van der Waals surface area contributed by atoms with Gasteiger partial charge in [0, 0.05) is 13.0 Å². The molecule has 310 valence electrons. The first kappa shape index (κ1) is 51.4. The van der Waals surface area contributed by atoms with E-state index in [-0.39, 0.29) is 12.6 Å². The zero-order valence-electron chi connectivity index (χ0n) is 35.5. The van der Waals surface area contributed by atoms with Crippen LogP contribution in [0, 0.1) is 0 Å². The van der Waals surface area contributed by atoms with E-state index in [1.807, 2.05) is 0 Å². The van der Waals surface area contributed by atoms with Gasteiger partial charge in [0.15, 0.2) is 0 Å². The Bertz CT molecular complexity index is 828. The molecule has 0 rings (SSSR count). The molecule has 0 aliphatic rings. The van der Waals surface area contributed by atoms with Gasteiger partial charge in [-0.05, 0) is 70.6 Å². The highest BCUT2D eigenvalue weighted by molar-refractivity contribution is 5.69. The third-order valence-corrected chi connectivity index (χ3v) is 10.1. The molecule has 4 heteroatoms. The van der Waals surface area contributed by atoms with Crippen molar-refractivity contribution in [3.63, 3.8) is 0 Å². The van der Waals surface area contributed by atoms with Crippen LogP contribution in [-0.4, -0.2) is 37.0 Å². The van der Waals surface area contributed by atoms with Gasteiger partial charge in [-0.15, -0.1) is 0 Å². The number of aliphatic hydroxyl groups excluding tert-OH is 1. The molecule has 53 heavy (non-hydrogen) atoms. The highest BCUT2D eigenvalue weighted by atomic mass is 16.6. The number of esters is 1. The fourth-order valence-electron chi connectivity index (χ4n) is 6.69. The summed E-state index contributed by atoms with van der Waals surface area (Å²) < 4.78 is 11.2. The Hall–Kier alpha value is -1.65. The highest BCUT2D eigenvalue weighted by Gasteiger charge is 2.13. The van der Waals surface area contributed by atoms with Crippen LogP contribution in [0.3, 0.4) is 0 Å². The maximum absolute atomic E-state index is 12.2. The van der Waals surface area contributed by atoms with Crippen LogP contribution in [0.15, 0.2) is 48.6 Å². The highest BCUT2D eigenvalue weighted by Crippen LogP contribution is 2.15. The topological polar surface area (TPSA) is 55.8 Å². The van der Waals surface area contributed by atoms with E-state index in [2.05, 4.69) is 62.5 Å². The number of hydrogen-bond donors (Lipinski definition) is 1. The van der Waals surface area contributed by atoms with Crippen LogP contribution in [0.2, 0.25) is 0 Å².